The van der Waals surface area contributed by atoms with E-state index in [0.29, 0.717) is 32.0 Å². The van der Waals surface area contributed by atoms with Gasteiger partial charge in [0.25, 0.3) is 5.78 Å². The van der Waals surface area contributed by atoms with Crippen molar-refractivity contribution >= 4 is 57.3 Å². The Balaban J connectivity index is 1.57. The van der Waals surface area contributed by atoms with Crippen molar-refractivity contribution in [1.82, 2.24) is 10.2 Å². The van der Waals surface area contributed by atoms with Crippen LogP contribution in [0.15, 0.2) is 76.6 Å². The zero-order valence-electron chi connectivity index (χ0n) is 21.2. The average molecular weight is 596 g/mol. The summed E-state index contributed by atoms with van der Waals surface area (Å²) in [7, 11) is 2.90. The summed E-state index contributed by atoms with van der Waals surface area (Å²) in [6.07, 6.45) is 0. The number of aliphatic hydroxyl groups excluding tert-OH is 1. The largest absolute Gasteiger partial charge is 0.507 e. The van der Waals surface area contributed by atoms with E-state index < -0.39 is 17.7 Å². The van der Waals surface area contributed by atoms with Crippen molar-refractivity contribution in [2.45, 2.75) is 16.1 Å². The second kappa shape index (κ2) is 11.6. The van der Waals surface area contributed by atoms with Gasteiger partial charge in [0.05, 0.1) is 25.8 Å². The molecule has 1 amide bonds. The molecule has 2 N–H and O–H groups in total. The Bertz CT molecular complexity index is 1620. The first-order chi connectivity index (χ1) is 19.3. The first kappa shape index (κ1) is 27.5. The second-order valence-corrected chi connectivity index (χ2v) is 11.1. The highest BCUT2D eigenvalue weighted by molar-refractivity contribution is 8.00. The van der Waals surface area contributed by atoms with E-state index in [0.717, 1.165) is 16.9 Å². The number of methoxy groups -OCH3 is 2. The highest BCUT2D eigenvalue weighted by atomic mass is 35.5. The van der Waals surface area contributed by atoms with Gasteiger partial charge in [0.15, 0.2) is 15.8 Å². The molecule has 0 aliphatic carbocycles. The van der Waals surface area contributed by atoms with Crippen LogP contribution in [0, 0.1) is 0 Å². The Morgan fingerprint density at radius 2 is 1.80 bits per heavy atom. The quantitative estimate of drug-likeness (QED) is 0.0851. The highest BCUT2D eigenvalue weighted by Gasteiger charge is 2.48. The summed E-state index contributed by atoms with van der Waals surface area (Å²) in [6.45, 7) is 0. The van der Waals surface area contributed by atoms with Gasteiger partial charge in [0.1, 0.15) is 11.5 Å². The minimum Gasteiger partial charge on any atom is -0.507 e. The molecule has 1 aromatic heterocycles. The van der Waals surface area contributed by atoms with Crippen molar-refractivity contribution in [3.8, 4) is 17.2 Å². The second-order valence-electron chi connectivity index (χ2n) is 8.56. The molecule has 1 aliphatic heterocycles. The molecule has 1 unspecified atom stereocenters. The number of carbonyl (C=O) groups excluding carboxylic acids is 2. The molecule has 204 valence electrons. The first-order valence-electron chi connectivity index (χ1n) is 11.8. The summed E-state index contributed by atoms with van der Waals surface area (Å²) < 4.78 is 11.0. The number of amides is 1. The van der Waals surface area contributed by atoms with Crippen molar-refractivity contribution in [2.24, 2.45) is 0 Å². The van der Waals surface area contributed by atoms with Crippen LogP contribution in [0.2, 0.25) is 5.02 Å². The maximum absolute atomic E-state index is 13.4. The molecule has 4 aromatic rings. The van der Waals surface area contributed by atoms with Gasteiger partial charge in [0.2, 0.25) is 5.13 Å². The highest BCUT2D eigenvalue weighted by Crippen LogP contribution is 2.45. The van der Waals surface area contributed by atoms with E-state index in [-0.39, 0.29) is 28.0 Å². The van der Waals surface area contributed by atoms with E-state index in [9.17, 15) is 19.8 Å². The molecule has 1 atom stereocenters. The van der Waals surface area contributed by atoms with E-state index in [1.165, 1.54) is 43.0 Å². The number of aromatic hydroxyl groups is 1. The molecule has 9 nitrogen and oxygen atoms in total. The van der Waals surface area contributed by atoms with Crippen molar-refractivity contribution in [3.05, 3.63) is 94.0 Å². The van der Waals surface area contributed by atoms with Gasteiger partial charge in [0, 0.05) is 16.3 Å². The van der Waals surface area contributed by atoms with Gasteiger partial charge in [-0.1, -0.05) is 59.0 Å². The van der Waals surface area contributed by atoms with Crippen LogP contribution in [0.5, 0.6) is 17.2 Å². The lowest BCUT2D eigenvalue weighted by Gasteiger charge is -2.23. The summed E-state index contributed by atoms with van der Waals surface area (Å²) in [5.74, 6) is -1.00. The minimum atomic E-state index is -1.06. The normalized spacial score (nSPS) is 16.4. The maximum Gasteiger partial charge on any atom is 0.301 e. The van der Waals surface area contributed by atoms with Crippen LogP contribution in [0.3, 0.4) is 0 Å². The molecule has 1 fully saturated rings. The molecule has 1 saturated heterocycles. The lowest BCUT2D eigenvalue weighted by Crippen LogP contribution is -2.29. The number of carbonyl (C=O) groups is 2. The number of ether oxygens (including phenoxy) is 2. The predicted molar refractivity (Wildman–Crippen MR) is 153 cm³/mol. The molecule has 2 heterocycles. The van der Waals surface area contributed by atoms with Crippen LogP contribution in [0.4, 0.5) is 5.13 Å². The first-order valence-corrected chi connectivity index (χ1v) is 14.0. The number of rotatable bonds is 8. The number of thioether (sulfide) groups is 1. The number of hydrogen-bond donors (Lipinski definition) is 2. The Kier molecular flexibility index (Phi) is 7.97. The third-order valence-corrected chi connectivity index (χ3v) is 8.71. The third kappa shape index (κ3) is 5.23. The van der Waals surface area contributed by atoms with Gasteiger partial charge in [-0.05, 0) is 53.6 Å². The summed E-state index contributed by atoms with van der Waals surface area (Å²) in [5, 5.41) is 30.7. The zero-order chi connectivity index (χ0) is 28.4. The fourth-order valence-electron chi connectivity index (χ4n) is 4.23. The number of phenolic OH excluding ortho intramolecular Hbond substituents is 1. The number of hydrogen-bond acceptors (Lipinski definition) is 10. The number of benzene rings is 3. The number of ketones is 1. The zero-order valence-corrected chi connectivity index (χ0v) is 23.6. The van der Waals surface area contributed by atoms with Gasteiger partial charge in [-0.15, -0.1) is 10.2 Å². The molecule has 1 aliphatic rings. The van der Waals surface area contributed by atoms with E-state index in [4.69, 9.17) is 21.1 Å². The van der Waals surface area contributed by atoms with Crippen LogP contribution in [0.25, 0.3) is 5.76 Å². The minimum absolute atomic E-state index is 0.118. The van der Waals surface area contributed by atoms with Gasteiger partial charge in [-0.3, -0.25) is 14.5 Å². The monoisotopic (exact) mass is 595 g/mol. The number of Topliss-reactive ketones (excluding diaryl/α,β-unsaturated/α-hetero) is 1. The summed E-state index contributed by atoms with van der Waals surface area (Å²) in [4.78, 5) is 28.1. The molecule has 0 saturated carbocycles. The Morgan fingerprint density at radius 1 is 1.05 bits per heavy atom. The summed E-state index contributed by atoms with van der Waals surface area (Å²) >= 11 is 8.80. The van der Waals surface area contributed by atoms with Crippen molar-refractivity contribution < 1.29 is 29.3 Å². The molecular formula is C28H22ClN3O6S2. The number of anilines is 1. The maximum atomic E-state index is 13.4. The third-order valence-electron chi connectivity index (χ3n) is 6.24. The molecule has 0 spiro atoms. The number of aliphatic hydroxyl groups is 1. The predicted octanol–water partition coefficient (Wildman–Crippen LogP) is 5.83. The summed E-state index contributed by atoms with van der Waals surface area (Å²) in [5.41, 5.74) is 1.53. The molecule has 12 heteroatoms. The lowest BCUT2D eigenvalue weighted by molar-refractivity contribution is -0.132. The number of nitrogens with zero attached hydrogens (tertiary/aromatic N) is 3. The molecule has 0 radical (unpaired) electrons. The van der Waals surface area contributed by atoms with E-state index >= 15 is 0 Å². The fraction of sp³-hybridized carbons (Fsp3) is 0.143. The number of halogens is 1. The van der Waals surface area contributed by atoms with Crippen molar-refractivity contribution in [1.29, 1.82) is 0 Å². The fourth-order valence-corrected chi connectivity index (χ4v) is 6.38. The van der Waals surface area contributed by atoms with Crippen LogP contribution < -0.4 is 14.4 Å². The van der Waals surface area contributed by atoms with E-state index in [2.05, 4.69) is 10.2 Å². The Labute approximate surface area is 242 Å². The van der Waals surface area contributed by atoms with Gasteiger partial charge < -0.3 is 19.7 Å². The average Bonchev–Trinajstić information content (AvgIpc) is 3.54. The molecule has 3 aromatic carbocycles. The van der Waals surface area contributed by atoms with Crippen LogP contribution in [-0.2, 0) is 15.3 Å². The Hall–Kier alpha value is -4.06. The van der Waals surface area contributed by atoms with E-state index in [1.807, 2.05) is 18.2 Å². The number of aromatic nitrogens is 2. The molecule has 40 heavy (non-hydrogen) atoms. The van der Waals surface area contributed by atoms with Gasteiger partial charge in [-0.2, -0.15) is 0 Å². The van der Waals surface area contributed by atoms with Crippen LogP contribution >= 0.6 is 34.7 Å². The molecule has 0 bridgehead atoms. The number of phenols is 1. The van der Waals surface area contributed by atoms with Crippen LogP contribution in [-0.4, -0.2) is 46.3 Å². The standard InChI is InChI=1S/C28H22ClN3O6S2/c1-37-18-10-7-15(8-11-18)24(34)22-23(16-9-12-20(33)21(13-16)38-2)32(26(36)25(22)35)27-30-31-28(40-27)39-14-17-5-3-4-6-19(17)29/h3-13,23,33-34H,14H2,1-2H3/b24-22-. The topological polar surface area (TPSA) is 122 Å². The van der Waals surface area contributed by atoms with Crippen molar-refractivity contribution in [3.63, 3.8) is 0 Å². The SMILES string of the molecule is COc1ccc(/C(O)=C2/C(=O)C(=O)N(c3nnc(SCc4ccccc4Cl)s3)C2c2ccc(O)c(OC)c2)cc1. The van der Waals surface area contributed by atoms with E-state index in [1.54, 1.807) is 36.4 Å². The molecular weight excluding hydrogens is 574 g/mol. The molecule has 5 rings (SSSR count). The van der Waals surface area contributed by atoms with Gasteiger partial charge in [-0.25, -0.2) is 0 Å². The lowest BCUT2D eigenvalue weighted by atomic mass is 9.95. The van der Waals surface area contributed by atoms with Crippen LogP contribution in [0.1, 0.15) is 22.7 Å². The smallest absolute Gasteiger partial charge is 0.301 e. The summed E-state index contributed by atoms with van der Waals surface area (Å²) in [6, 6.07) is 17.3. The van der Waals surface area contributed by atoms with Crippen molar-refractivity contribution in [2.75, 3.05) is 19.1 Å². The van der Waals surface area contributed by atoms with Gasteiger partial charge >= 0.3 is 5.91 Å². The Morgan fingerprint density at radius 3 is 2.50 bits per heavy atom.